The van der Waals surface area contributed by atoms with Crippen LogP contribution in [0.4, 0.5) is 0 Å². The molecule has 5 heteroatoms. The van der Waals surface area contributed by atoms with Crippen molar-refractivity contribution < 1.29 is 0 Å². The second kappa shape index (κ2) is 5.43. The van der Waals surface area contributed by atoms with Gasteiger partial charge in [0.05, 0.1) is 17.6 Å². The molecule has 4 nitrogen and oxygen atoms in total. The number of aryl methyl sites for hydroxylation is 1. The highest BCUT2D eigenvalue weighted by Crippen LogP contribution is 2.20. The third kappa shape index (κ3) is 3.64. The van der Waals surface area contributed by atoms with Gasteiger partial charge in [0.25, 0.3) is 0 Å². The van der Waals surface area contributed by atoms with Gasteiger partial charge in [0.2, 0.25) is 0 Å². The highest BCUT2D eigenvalue weighted by atomic mass is 79.9. The van der Waals surface area contributed by atoms with Gasteiger partial charge in [-0.05, 0) is 45.4 Å². The number of benzene rings is 1. The fourth-order valence-corrected chi connectivity index (χ4v) is 2.10. The Labute approximate surface area is 122 Å². The number of nitrogens with one attached hydrogen (secondary N) is 1. The Kier molecular flexibility index (Phi) is 4.06. The number of rotatable bonds is 3. The minimum atomic E-state index is 0.0708. The van der Waals surface area contributed by atoms with Gasteiger partial charge in [-0.15, -0.1) is 5.10 Å². The van der Waals surface area contributed by atoms with Crippen molar-refractivity contribution in [2.75, 3.05) is 0 Å². The Bertz CT molecular complexity index is 569. The third-order valence-electron chi connectivity index (χ3n) is 2.82. The lowest BCUT2D eigenvalue weighted by Gasteiger charge is -2.20. The minimum Gasteiger partial charge on any atom is -0.306 e. The summed E-state index contributed by atoms with van der Waals surface area (Å²) in [5, 5.41) is 11.7. The maximum Gasteiger partial charge on any atom is 0.0783 e. The first-order valence-corrected chi connectivity index (χ1v) is 7.07. The Morgan fingerprint density at radius 1 is 1.32 bits per heavy atom. The predicted octanol–water partition coefficient (Wildman–Crippen LogP) is 3.23. The first-order chi connectivity index (χ1) is 8.87. The lowest BCUT2D eigenvalue weighted by atomic mass is 10.1. The summed E-state index contributed by atoms with van der Waals surface area (Å²) >= 11 is 3.50. The van der Waals surface area contributed by atoms with E-state index in [0.29, 0.717) is 0 Å². The van der Waals surface area contributed by atoms with Gasteiger partial charge >= 0.3 is 0 Å². The average molecular weight is 323 g/mol. The van der Waals surface area contributed by atoms with Gasteiger partial charge in [0, 0.05) is 16.6 Å². The first-order valence-electron chi connectivity index (χ1n) is 6.28. The summed E-state index contributed by atoms with van der Waals surface area (Å²) in [6.45, 7) is 9.25. The Morgan fingerprint density at radius 2 is 2.05 bits per heavy atom. The zero-order valence-corrected chi connectivity index (χ0v) is 13.3. The van der Waals surface area contributed by atoms with Crippen LogP contribution in [0.1, 0.15) is 32.0 Å². The molecular weight excluding hydrogens is 304 g/mol. The van der Waals surface area contributed by atoms with Crippen LogP contribution in [0.2, 0.25) is 0 Å². The number of hydrogen-bond acceptors (Lipinski definition) is 3. The lowest BCUT2D eigenvalue weighted by molar-refractivity contribution is 0.418. The standard InChI is InChI=1S/C14H19BrN4/c1-10-5-6-11(15)7-13(10)19-12(9-17-18-19)8-16-14(2,3)4/h5-7,9,16H,8H2,1-4H3. The highest BCUT2D eigenvalue weighted by molar-refractivity contribution is 9.10. The molecule has 0 fully saturated rings. The van der Waals surface area contributed by atoms with Gasteiger partial charge in [0.15, 0.2) is 0 Å². The molecule has 0 atom stereocenters. The van der Waals surface area contributed by atoms with Gasteiger partial charge in [-0.3, -0.25) is 0 Å². The number of halogens is 1. The zero-order valence-electron chi connectivity index (χ0n) is 11.7. The van der Waals surface area contributed by atoms with Crippen LogP contribution >= 0.6 is 15.9 Å². The van der Waals surface area contributed by atoms with Crippen molar-refractivity contribution in [3.8, 4) is 5.69 Å². The van der Waals surface area contributed by atoms with Crippen molar-refractivity contribution in [3.63, 3.8) is 0 Å². The van der Waals surface area contributed by atoms with E-state index in [2.05, 4.69) is 71.4 Å². The molecule has 0 amide bonds. The molecule has 1 aromatic heterocycles. The molecule has 1 aromatic carbocycles. The monoisotopic (exact) mass is 322 g/mol. The summed E-state index contributed by atoms with van der Waals surface area (Å²) in [6.07, 6.45) is 1.80. The van der Waals surface area contributed by atoms with E-state index in [-0.39, 0.29) is 5.54 Å². The van der Waals surface area contributed by atoms with Crippen molar-refractivity contribution in [2.24, 2.45) is 0 Å². The molecule has 0 aliphatic rings. The number of nitrogens with zero attached hydrogens (tertiary/aromatic N) is 3. The van der Waals surface area contributed by atoms with Crippen LogP contribution in [0.15, 0.2) is 28.9 Å². The third-order valence-corrected chi connectivity index (χ3v) is 3.31. The number of aromatic nitrogens is 3. The summed E-state index contributed by atoms with van der Waals surface area (Å²) < 4.78 is 2.93. The normalized spacial score (nSPS) is 11.8. The molecule has 19 heavy (non-hydrogen) atoms. The van der Waals surface area contributed by atoms with Crippen molar-refractivity contribution in [2.45, 2.75) is 39.8 Å². The van der Waals surface area contributed by atoms with Gasteiger partial charge in [0.1, 0.15) is 0 Å². The van der Waals surface area contributed by atoms with Gasteiger partial charge in [-0.1, -0.05) is 27.2 Å². The molecule has 1 N–H and O–H groups in total. The molecule has 0 saturated carbocycles. The Balaban J connectivity index is 2.31. The van der Waals surface area contributed by atoms with Gasteiger partial charge < -0.3 is 5.32 Å². The van der Waals surface area contributed by atoms with Crippen LogP contribution in [0.3, 0.4) is 0 Å². The topological polar surface area (TPSA) is 42.7 Å². The molecular formula is C14H19BrN4. The summed E-state index contributed by atoms with van der Waals surface area (Å²) in [5.74, 6) is 0. The summed E-state index contributed by atoms with van der Waals surface area (Å²) in [4.78, 5) is 0. The summed E-state index contributed by atoms with van der Waals surface area (Å²) in [5.41, 5.74) is 3.35. The molecule has 2 rings (SSSR count). The fraction of sp³-hybridized carbons (Fsp3) is 0.429. The fourth-order valence-electron chi connectivity index (χ4n) is 1.75. The van der Waals surface area contributed by atoms with Crippen molar-refractivity contribution >= 4 is 15.9 Å². The molecule has 1 heterocycles. The van der Waals surface area contributed by atoms with E-state index in [0.717, 1.165) is 22.4 Å². The van der Waals surface area contributed by atoms with E-state index in [4.69, 9.17) is 0 Å². The van der Waals surface area contributed by atoms with E-state index in [9.17, 15) is 0 Å². The first kappa shape index (κ1) is 14.2. The number of hydrogen-bond donors (Lipinski definition) is 1. The van der Waals surface area contributed by atoms with E-state index < -0.39 is 0 Å². The lowest BCUT2D eigenvalue weighted by Crippen LogP contribution is -2.35. The van der Waals surface area contributed by atoms with Crippen LogP contribution in [0, 0.1) is 6.92 Å². The molecule has 0 saturated heterocycles. The van der Waals surface area contributed by atoms with Crippen LogP contribution in [-0.2, 0) is 6.54 Å². The molecule has 0 bridgehead atoms. The zero-order chi connectivity index (χ0) is 14.0. The average Bonchev–Trinajstić information content (AvgIpc) is 2.77. The smallest absolute Gasteiger partial charge is 0.0783 e. The molecule has 0 aliphatic heterocycles. The van der Waals surface area contributed by atoms with Crippen molar-refractivity contribution in [3.05, 3.63) is 40.1 Å². The van der Waals surface area contributed by atoms with E-state index in [1.807, 2.05) is 10.7 Å². The molecule has 0 spiro atoms. The van der Waals surface area contributed by atoms with Crippen molar-refractivity contribution in [1.29, 1.82) is 0 Å². The van der Waals surface area contributed by atoms with Crippen molar-refractivity contribution in [1.82, 2.24) is 20.3 Å². The summed E-state index contributed by atoms with van der Waals surface area (Å²) in [7, 11) is 0. The maximum absolute atomic E-state index is 4.19. The second-order valence-electron chi connectivity index (χ2n) is 5.67. The van der Waals surface area contributed by atoms with Crippen LogP contribution in [0.25, 0.3) is 5.69 Å². The van der Waals surface area contributed by atoms with Crippen LogP contribution in [-0.4, -0.2) is 20.5 Å². The quantitative estimate of drug-likeness (QED) is 0.943. The van der Waals surface area contributed by atoms with Gasteiger partial charge in [-0.2, -0.15) is 0 Å². The van der Waals surface area contributed by atoms with Crippen LogP contribution < -0.4 is 5.32 Å². The molecule has 0 aliphatic carbocycles. The molecule has 0 radical (unpaired) electrons. The summed E-state index contributed by atoms with van der Waals surface area (Å²) in [6, 6.07) is 6.16. The van der Waals surface area contributed by atoms with Gasteiger partial charge in [-0.25, -0.2) is 4.68 Å². The Morgan fingerprint density at radius 3 is 2.74 bits per heavy atom. The van der Waals surface area contributed by atoms with E-state index >= 15 is 0 Å². The minimum absolute atomic E-state index is 0.0708. The van der Waals surface area contributed by atoms with Crippen LogP contribution in [0.5, 0.6) is 0 Å². The predicted molar refractivity (Wildman–Crippen MR) is 80.4 cm³/mol. The maximum atomic E-state index is 4.19. The molecule has 0 unspecified atom stereocenters. The highest BCUT2D eigenvalue weighted by Gasteiger charge is 2.13. The largest absolute Gasteiger partial charge is 0.306 e. The second-order valence-corrected chi connectivity index (χ2v) is 6.59. The molecule has 2 aromatic rings. The molecule has 102 valence electrons. The Hall–Kier alpha value is -1.20. The SMILES string of the molecule is Cc1ccc(Br)cc1-n1nncc1CNC(C)(C)C. The van der Waals surface area contributed by atoms with E-state index in [1.54, 1.807) is 6.20 Å². The van der Waals surface area contributed by atoms with E-state index in [1.165, 1.54) is 5.56 Å².